The van der Waals surface area contributed by atoms with Crippen LogP contribution in [0.15, 0.2) is 24.3 Å². The maximum Gasteiger partial charge on any atom is 0.416 e. The number of aromatic nitrogens is 4. The predicted molar refractivity (Wildman–Crippen MR) is 99.5 cm³/mol. The summed E-state index contributed by atoms with van der Waals surface area (Å²) in [4.78, 5) is 13.8. The van der Waals surface area contributed by atoms with E-state index in [4.69, 9.17) is 0 Å². The van der Waals surface area contributed by atoms with Crippen molar-refractivity contribution in [3.63, 3.8) is 0 Å². The standard InChI is InChI=1S/C20H24F3N5O/c1-11(17-9-13-6-7-14(17)8-13)24-19(29)12(2)28-26-18(25-27-28)15-4-3-5-16(10-15)20(21,22)23/h3-5,10-14,17H,6-9H2,1-2H3,(H,24,29). The summed E-state index contributed by atoms with van der Waals surface area (Å²) in [6.45, 7) is 3.69. The van der Waals surface area contributed by atoms with Crippen LogP contribution in [0.1, 0.15) is 51.1 Å². The summed E-state index contributed by atoms with van der Waals surface area (Å²) in [6, 6.07) is 4.12. The van der Waals surface area contributed by atoms with Gasteiger partial charge in [-0.05, 0) is 68.2 Å². The van der Waals surface area contributed by atoms with Crippen molar-refractivity contribution in [1.29, 1.82) is 0 Å². The largest absolute Gasteiger partial charge is 0.416 e. The normalized spacial score (nSPS) is 25.8. The average Bonchev–Trinajstić information content (AvgIpc) is 3.43. The van der Waals surface area contributed by atoms with Gasteiger partial charge in [0.05, 0.1) is 5.56 Å². The molecule has 0 aliphatic heterocycles. The number of nitrogens with one attached hydrogen (secondary N) is 1. The molecule has 0 saturated heterocycles. The minimum Gasteiger partial charge on any atom is -0.351 e. The van der Waals surface area contributed by atoms with E-state index in [9.17, 15) is 18.0 Å². The average molecular weight is 407 g/mol. The molecule has 1 aromatic carbocycles. The molecule has 29 heavy (non-hydrogen) atoms. The topological polar surface area (TPSA) is 72.7 Å². The summed E-state index contributed by atoms with van der Waals surface area (Å²) < 4.78 is 38.7. The highest BCUT2D eigenvalue weighted by Crippen LogP contribution is 2.49. The number of halogens is 3. The number of fused-ring (bicyclic) bond motifs is 2. The first-order valence-electron chi connectivity index (χ1n) is 10.00. The lowest BCUT2D eigenvalue weighted by molar-refractivity contribution is -0.137. The van der Waals surface area contributed by atoms with Crippen LogP contribution >= 0.6 is 0 Å². The molecule has 1 amide bonds. The van der Waals surface area contributed by atoms with Crippen LogP contribution in [-0.4, -0.2) is 32.2 Å². The number of nitrogens with zero attached hydrogens (tertiary/aromatic N) is 4. The number of tetrazole rings is 1. The third-order valence-corrected chi connectivity index (χ3v) is 6.41. The van der Waals surface area contributed by atoms with Gasteiger partial charge >= 0.3 is 6.18 Å². The second kappa shape index (κ2) is 7.42. The van der Waals surface area contributed by atoms with Gasteiger partial charge in [0.25, 0.3) is 0 Å². The molecule has 2 aliphatic rings. The van der Waals surface area contributed by atoms with E-state index in [-0.39, 0.29) is 23.3 Å². The van der Waals surface area contributed by atoms with Gasteiger partial charge in [0.1, 0.15) is 6.04 Å². The molecule has 156 valence electrons. The summed E-state index contributed by atoms with van der Waals surface area (Å²) in [7, 11) is 0. The summed E-state index contributed by atoms with van der Waals surface area (Å²) in [5.41, 5.74) is -0.578. The Kier molecular flexibility index (Phi) is 5.08. The molecule has 2 bridgehead atoms. The Labute approximate surface area is 166 Å². The van der Waals surface area contributed by atoms with Crippen molar-refractivity contribution in [1.82, 2.24) is 25.5 Å². The maximum atomic E-state index is 12.9. The van der Waals surface area contributed by atoms with Gasteiger partial charge in [0.15, 0.2) is 0 Å². The minimum absolute atomic E-state index is 0.0527. The Morgan fingerprint density at radius 1 is 1.24 bits per heavy atom. The fraction of sp³-hybridized carbons (Fsp3) is 0.600. The molecule has 1 aromatic heterocycles. The fourth-order valence-electron chi connectivity index (χ4n) is 4.80. The van der Waals surface area contributed by atoms with Crippen LogP contribution in [0, 0.1) is 17.8 Å². The number of alkyl halides is 3. The van der Waals surface area contributed by atoms with Crippen LogP contribution in [0.25, 0.3) is 11.4 Å². The van der Waals surface area contributed by atoms with Gasteiger partial charge in [-0.2, -0.15) is 18.0 Å². The monoisotopic (exact) mass is 407 g/mol. The van der Waals surface area contributed by atoms with E-state index in [1.807, 2.05) is 6.92 Å². The first-order valence-corrected chi connectivity index (χ1v) is 10.00. The van der Waals surface area contributed by atoms with E-state index in [0.717, 1.165) is 22.8 Å². The lowest BCUT2D eigenvalue weighted by atomic mass is 9.84. The molecule has 2 aromatic rings. The van der Waals surface area contributed by atoms with E-state index in [0.29, 0.717) is 11.8 Å². The van der Waals surface area contributed by atoms with E-state index in [1.165, 1.54) is 37.8 Å². The van der Waals surface area contributed by atoms with Gasteiger partial charge in [-0.3, -0.25) is 4.79 Å². The Bertz CT molecular complexity index is 896. The third-order valence-electron chi connectivity index (χ3n) is 6.41. The van der Waals surface area contributed by atoms with Crippen LogP contribution in [0.3, 0.4) is 0 Å². The Hall–Kier alpha value is -2.45. The minimum atomic E-state index is -4.45. The van der Waals surface area contributed by atoms with Gasteiger partial charge in [-0.15, -0.1) is 10.2 Å². The van der Waals surface area contributed by atoms with Crippen molar-refractivity contribution >= 4 is 5.91 Å². The first kappa shape index (κ1) is 19.8. The van der Waals surface area contributed by atoms with Crippen LogP contribution in [0.5, 0.6) is 0 Å². The van der Waals surface area contributed by atoms with Crippen molar-refractivity contribution in [2.75, 3.05) is 0 Å². The number of rotatable bonds is 5. The lowest BCUT2D eigenvalue weighted by Gasteiger charge is -2.29. The molecule has 2 saturated carbocycles. The molecular weight excluding hydrogens is 383 g/mol. The van der Waals surface area contributed by atoms with E-state index < -0.39 is 17.8 Å². The van der Waals surface area contributed by atoms with Gasteiger partial charge < -0.3 is 5.32 Å². The summed E-state index contributed by atoms with van der Waals surface area (Å²) in [5.74, 6) is 1.84. The van der Waals surface area contributed by atoms with Crippen molar-refractivity contribution in [3.05, 3.63) is 29.8 Å². The number of benzene rings is 1. The molecule has 0 spiro atoms. The second-order valence-corrected chi connectivity index (χ2v) is 8.32. The van der Waals surface area contributed by atoms with Gasteiger partial charge in [0, 0.05) is 11.6 Å². The number of amides is 1. The van der Waals surface area contributed by atoms with Crippen molar-refractivity contribution in [2.24, 2.45) is 17.8 Å². The Morgan fingerprint density at radius 2 is 2.03 bits per heavy atom. The molecular formula is C20H24F3N5O. The quantitative estimate of drug-likeness (QED) is 0.817. The molecule has 1 heterocycles. The number of hydrogen-bond acceptors (Lipinski definition) is 4. The Balaban J connectivity index is 1.43. The summed E-state index contributed by atoms with van der Waals surface area (Å²) in [5, 5.41) is 14.9. The van der Waals surface area contributed by atoms with Crippen LogP contribution in [-0.2, 0) is 11.0 Å². The smallest absolute Gasteiger partial charge is 0.351 e. The highest BCUT2D eigenvalue weighted by atomic mass is 19.4. The van der Waals surface area contributed by atoms with Crippen LogP contribution in [0.2, 0.25) is 0 Å². The summed E-state index contributed by atoms with van der Waals surface area (Å²) in [6.07, 6.45) is 0.539. The van der Waals surface area contributed by atoms with Crippen molar-refractivity contribution in [2.45, 2.75) is 57.8 Å². The SMILES string of the molecule is CC(NC(=O)C(C)n1nnc(-c2cccc(C(F)(F)F)c2)n1)C1CC2CCC1C2. The number of carbonyl (C=O) groups is 1. The molecule has 4 rings (SSSR count). The zero-order valence-corrected chi connectivity index (χ0v) is 16.4. The second-order valence-electron chi connectivity index (χ2n) is 8.32. The number of carbonyl (C=O) groups excluding carboxylic acids is 1. The predicted octanol–water partition coefficient (Wildman–Crippen LogP) is 3.86. The zero-order chi connectivity index (χ0) is 20.8. The van der Waals surface area contributed by atoms with Gasteiger partial charge in [-0.25, -0.2) is 0 Å². The van der Waals surface area contributed by atoms with E-state index in [2.05, 4.69) is 20.7 Å². The molecule has 9 heteroatoms. The first-order chi connectivity index (χ1) is 13.7. The Morgan fingerprint density at radius 3 is 2.69 bits per heavy atom. The molecule has 2 fully saturated rings. The van der Waals surface area contributed by atoms with E-state index >= 15 is 0 Å². The zero-order valence-electron chi connectivity index (χ0n) is 16.4. The van der Waals surface area contributed by atoms with Gasteiger partial charge in [0.2, 0.25) is 11.7 Å². The molecule has 5 unspecified atom stereocenters. The summed E-state index contributed by atoms with van der Waals surface area (Å²) >= 11 is 0. The van der Waals surface area contributed by atoms with Crippen LogP contribution in [0.4, 0.5) is 13.2 Å². The lowest BCUT2D eigenvalue weighted by Crippen LogP contribution is -2.43. The van der Waals surface area contributed by atoms with Crippen LogP contribution < -0.4 is 5.32 Å². The fourth-order valence-corrected chi connectivity index (χ4v) is 4.80. The molecule has 2 aliphatic carbocycles. The van der Waals surface area contributed by atoms with Crippen molar-refractivity contribution in [3.8, 4) is 11.4 Å². The van der Waals surface area contributed by atoms with Crippen molar-refractivity contribution < 1.29 is 18.0 Å². The van der Waals surface area contributed by atoms with E-state index in [1.54, 1.807) is 6.92 Å². The molecule has 0 radical (unpaired) electrons. The molecule has 5 atom stereocenters. The third kappa shape index (κ3) is 4.00. The highest BCUT2D eigenvalue weighted by Gasteiger charge is 2.42. The number of hydrogen-bond donors (Lipinski definition) is 1. The molecule has 6 nitrogen and oxygen atoms in total. The highest BCUT2D eigenvalue weighted by molar-refractivity contribution is 5.80. The molecule has 1 N–H and O–H groups in total. The maximum absolute atomic E-state index is 12.9. The van der Waals surface area contributed by atoms with Gasteiger partial charge in [-0.1, -0.05) is 18.6 Å².